The Hall–Kier alpha value is -3.61. The van der Waals surface area contributed by atoms with Crippen molar-refractivity contribution in [2.75, 3.05) is 31.4 Å². The minimum Gasteiger partial charge on any atom is -0.378 e. The zero-order chi connectivity index (χ0) is 22.2. The zero-order valence-corrected chi connectivity index (χ0v) is 18.3. The number of aromatic amines is 1. The van der Waals surface area contributed by atoms with Crippen molar-refractivity contribution < 1.29 is 14.3 Å². The van der Waals surface area contributed by atoms with E-state index in [1.165, 1.54) is 0 Å². The van der Waals surface area contributed by atoms with Crippen LogP contribution < -0.4 is 10.2 Å². The highest BCUT2D eigenvalue weighted by Gasteiger charge is 2.40. The van der Waals surface area contributed by atoms with Crippen LogP contribution in [-0.4, -0.2) is 38.4 Å². The maximum Gasteiger partial charge on any atom is 0.255 e. The number of nitrogens with zero attached hydrogens (tertiary/aromatic N) is 1. The SMILES string of the molecule is COC1OC1c1ccc(-c2cc3ccc(NC(=O)c4ccc(N(C)C)cc4)cc3[nH]2)cc1. The average Bonchev–Trinajstić information content (AvgIpc) is 3.49. The van der Waals surface area contributed by atoms with Crippen molar-refractivity contribution in [2.45, 2.75) is 12.4 Å². The van der Waals surface area contributed by atoms with Gasteiger partial charge in [-0.1, -0.05) is 30.3 Å². The molecule has 0 aliphatic carbocycles. The Kier molecular flexibility index (Phi) is 5.17. The standard InChI is InChI=1S/C26H25N3O3/c1-29(2)21-12-9-18(10-13-21)25(30)27-20-11-8-19-14-22(28-23(19)15-20)16-4-6-17(7-5-16)24-26(31-3)32-24/h4-15,24,26,28H,1-3H3,(H,27,30). The second-order valence-electron chi connectivity index (χ2n) is 8.16. The predicted molar refractivity (Wildman–Crippen MR) is 127 cm³/mol. The molecule has 6 nitrogen and oxygen atoms in total. The predicted octanol–water partition coefficient (Wildman–Crippen LogP) is 5.20. The molecule has 2 N–H and O–H groups in total. The molecule has 6 heteroatoms. The van der Waals surface area contributed by atoms with Crippen LogP contribution >= 0.6 is 0 Å². The first-order valence-corrected chi connectivity index (χ1v) is 10.5. The second kappa shape index (κ2) is 8.15. The lowest BCUT2D eigenvalue weighted by Gasteiger charge is -2.12. The van der Waals surface area contributed by atoms with E-state index in [-0.39, 0.29) is 18.3 Å². The van der Waals surface area contributed by atoms with E-state index in [2.05, 4.69) is 40.6 Å². The van der Waals surface area contributed by atoms with Crippen molar-refractivity contribution >= 4 is 28.2 Å². The molecule has 1 aliphatic rings. The summed E-state index contributed by atoms with van der Waals surface area (Å²) in [6.07, 6.45) is -0.101. The van der Waals surface area contributed by atoms with Gasteiger partial charge in [-0.05, 0) is 53.6 Å². The van der Waals surface area contributed by atoms with E-state index in [0.29, 0.717) is 5.56 Å². The van der Waals surface area contributed by atoms with Gasteiger partial charge in [-0.25, -0.2) is 0 Å². The van der Waals surface area contributed by atoms with Gasteiger partial charge in [0.1, 0.15) is 6.10 Å². The monoisotopic (exact) mass is 427 g/mol. The quantitative estimate of drug-likeness (QED) is 0.415. The largest absolute Gasteiger partial charge is 0.378 e. The zero-order valence-electron chi connectivity index (χ0n) is 18.3. The van der Waals surface area contributed by atoms with Crippen molar-refractivity contribution in [1.29, 1.82) is 0 Å². The molecule has 0 radical (unpaired) electrons. The molecule has 0 bridgehead atoms. The Balaban J connectivity index is 1.32. The van der Waals surface area contributed by atoms with Gasteiger partial charge in [0.05, 0.1) is 0 Å². The molecular weight excluding hydrogens is 402 g/mol. The summed E-state index contributed by atoms with van der Waals surface area (Å²) in [6, 6.07) is 23.8. The Morgan fingerprint density at radius 3 is 2.41 bits per heavy atom. The van der Waals surface area contributed by atoms with Crippen molar-refractivity contribution in [3.8, 4) is 11.3 Å². The summed E-state index contributed by atoms with van der Waals surface area (Å²) >= 11 is 0. The molecule has 162 valence electrons. The molecule has 5 rings (SSSR count). The van der Waals surface area contributed by atoms with Gasteiger partial charge < -0.3 is 24.7 Å². The van der Waals surface area contributed by atoms with Crippen LogP contribution in [0.1, 0.15) is 22.0 Å². The Bertz CT molecular complexity index is 1260. The van der Waals surface area contributed by atoms with Crippen LogP contribution in [0.4, 0.5) is 11.4 Å². The number of epoxide rings is 1. The van der Waals surface area contributed by atoms with Crippen LogP contribution in [0.3, 0.4) is 0 Å². The fourth-order valence-electron chi connectivity index (χ4n) is 3.84. The van der Waals surface area contributed by atoms with E-state index in [1.807, 2.05) is 61.5 Å². The number of carbonyl (C=O) groups is 1. The number of amides is 1. The molecule has 1 saturated heterocycles. The number of hydrogen-bond acceptors (Lipinski definition) is 4. The lowest BCUT2D eigenvalue weighted by molar-refractivity contribution is 0.0949. The van der Waals surface area contributed by atoms with Gasteiger partial charge in [0.15, 0.2) is 6.29 Å². The molecule has 0 spiro atoms. The summed E-state index contributed by atoms with van der Waals surface area (Å²) in [5.41, 5.74) is 6.62. The van der Waals surface area contributed by atoms with Crippen molar-refractivity contribution in [1.82, 2.24) is 4.98 Å². The van der Waals surface area contributed by atoms with Crippen molar-refractivity contribution in [3.05, 3.63) is 83.9 Å². The second-order valence-corrected chi connectivity index (χ2v) is 8.16. The van der Waals surface area contributed by atoms with E-state index >= 15 is 0 Å². The summed E-state index contributed by atoms with van der Waals surface area (Å²) in [5.74, 6) is -0.131. The van der Waals surface area contributed by atoms with Crippen LogP contribution in [0.2, 0.25) is 0 Å². The van der Waals surface area contributed by atoms with Gasteiger partial charge >= 0.3 is 0 Å². The smallest absolute Gasteiger partial charge is 0.255 e. The number of anilines is 2. The summed E-state index contributed by atoms with van der Waals surface area (Å²) in [6.45, 7) is 0. The number of benzene rings is 3. The molecule has 4 aromatic rings. The normalized spacial score (nSPS) is 17.3. The van der Waals surface area contributed by atoms with Gasteiger partial charge in [-0.3, -0.25) is 4.79 Å². The third kappa shape index (κ3) is 3.98. The number of nitrogens with one attached hydrogen (secondary N) is 2. The highest BCUT2D eigenvalue weighted by atomic mass is 16.8. The molecule has 1 aliphatic heterocycles. The van der Waals surface area contributed by atoms with Gasteiger partial charge in [-0.2, -0.15) is 0 Å². The number of ether oxygens (including phenoxy) is 2. The minimum atomic E-state index is -0.131. The van der Waals surface area contributed by atoms with Crippen molar-refractivity contribution in [3.63, 3.8) is 0 Å². The van der Waals surface area contributed by atoms with E-state index in [9.17, 15) is 4.79 Å². The maximum atomic E-state index is 12.6. The third-order valence-corrected chi connectivity index (χ3v) is 5.76. The molecule has 1 aromatic heterocycles. The first kappa shape index (κ1) is 20.3. The number of carbonyl (C=O) groups excluding carboxylic acids is 1. The van der Waals surface area contributed by atoms with Gasteiger partial charge in [0, 0.05) is 54.7 Å². The van der Waals surface area contributed by atoms with Crippen LogP contribution in [0, 0.1) is 0 Å². The van der Waals surface area contributed by atoms with Gasteiger partial charge in [0.25, 0.3) is 5.91 Å². The lowest BCUT2D eigenvalue weighted by atomic mass is 10.1. The Morgan fingerprint density at radius 2 is 1.75 bits per heavy atom. The highest BCUT2D eigenvalue weighted by Crippen LogP contribution is 2.39. The van der Waals surface area contributed by atoms with E-state index in [1.54, 1.807) is 7.11 Å². The van der Waals surface area contributed by atoms with Crippen LogP contribution in [0.25, 0.3) is 22.2 Å². The summed E-state index contributed by atoms with van der Waals surface area (Å²) in [4.78, 5) is 18.1. The first-order chi connectivity index (χ1) is 15.5. The molecule has 1 amide bonds. The van der Waals surface area contributed by atoms with Gasteiger partial charge in [-0.15, -0.1) is 0 Å². The Morgan fingerprint density at radius 1 is 1.00 bits per heavy atom. The number of hydrogen-bond donors (Lipinski definition) is 2. The molecule has 3 aromatic carbocycles. The summed E-state index contributed by atoms with van der Waals surface area (Å²) < 4.78 is 10.7. The Labute approximate surface area is 186 Å². The van der Waals surface area contributed by atoms with E-state index in [0.717, 1.165) is 39.1 Å². The number of fused-ring (bicyclic) bond motifs is 1. The molecule has 1 fully saturated rings. The molecule has 32 heavy (non-hydrogen) atoms. The number of methoxy groups -OCH3 is 1. The topological polar surface area (TPSA) is 69.9 Å². The van der Waals surface area contributed by atoms with E-state index in [4.69, 9.17) is 9.47 Å². The van der Waals surface area contributed by atoms with Crippen LogP contribution in [-0.2, 0) is 9.47 Å². The summed E-state index contributed by atoms with van der Waals surface area (Å²) in [7, 11) is 5.60. The molecular formula is C26H25N3O3. The highest BCUT2D eigenvalue weighted by molar-refractivity contribution is 6.05. The lowest BCUT2D eigenvalue weighted by Crippen LogP contribution is -2.13. The average molecular weight is 428 g/mol. The third-order valence-electron chi connectivity index (χ3n) is 5.76. The number of aromatic nitrogens is 1. The minimum absolute atomic E-state index is 0.0296. The molecule has 2 unspecified atom stereocenters. The number of rotatable bonds is 6. The molecule has 2 heterocycles. The summed E-state index contributed by atoms with van der Waals surface area (Å²) in [5, 5.41) is 4.07. The maximum absolute atomic E-state index is 12.6. The van der Waals surface area contributed by atoms with Crippen molar-refractivity contribution in [2.24, 2.45) is 0 Å². The van der Waals surface area contributed by atoms with Crippen LogP contribution in [0.5, 0.6) is 0 Å². The fraction of sp³-hybridized carbons (Fsp3) is 0.192. The van der Waals surface area contributed by atoms with Crippen LogP contribution in [0.15, 0.2) is 72.8 Å². The molecule has 2 atom stereocenters. The molecule has 0 saturated carbocycles. The fourth-order valence-corrected chi connectivity index (χ4v) is 3.84. The van der Waals surface area contributed by atoms with Gasteiger partial charge in [0.2, 0.25) is 0 Å². The van der Waals surface area contributed by atoms with E-state index < -0.39 is 0 Å². The number of H-pyrrole nitrogens is 1. The first-order valence-electron chi connectivity index (χ1n) is 10.5.